The Morgan fingerprint density at radius 1 is 1.31 bits per heavy atom. The van der Waals surface area contributed by atoms with E-state index >= 15 is 0 Å². The monoisotopic (exact) mass is 219 g/mol. The van der Waals surface area contributed by atoms with Crippen molar-refractivity contribution >= 4 is 10.9 Å². The lowest BCUT2D eigenvalue weighted by Gasteiger charge is -2.05. The quantitative estimate of drug-likeness (QED) is 0.858. The Bertz CT molecular complexity index is 511. The van der Waals surface area contributed by atoms with Gasteiger partial charge in [-0.15, -0.1) is 0 Å². The first-order valence-electron chi connectivity index (χ1n) is 5.33. The van der Waals surface area contributed by atoms with Gasteiger partial charge >= 0.3 is 0 Å². The highest BCUT2D eigenvalue weighted by molar-refractivity contribution is 5.80. The Morgan fingerprint density at radius 2 is 2.12 bits per heavy atom. The molecular formula is C12H14FN3. The minimum atomic E-state index is -0.256. The number of nitrogens with two attached hydrogens (primary N) is 1. The molecule has 2 aromatic rings. The molecule has 0 aliphatic carbocycles. The second kappa shape index (κ2) is 4.53. The van der Waals surface area contributed by atoms with Gasteiger partial charge in [0.2, 0.25) is 0 Å². The number of hydrogen-bond acceptors (Lipinski definition) is 3. The molecule has 0 bridgehead atoms. The SMILES string of the molecule is Cc1nc(CCCN)nc2ccc(F)cc12. The maximum absolute atomic E-state index is 13.0. The molecule has 0 saturated carbocycles. The molecule has 0 spiro atoms. The molecule has 0 saturated heterocycles. The van der Waals surface area contributed by atoms with Crippen molar-refractivity contribution in [1.82, 2.24) is 9.97 Å². The van der Waals surface area contributed by atoms with E-state index in [0.29, 0.717) is 6.54 Å². The maximum atomic E-state index is 13.0. The van der Waals surface area contributed by atoms with E-state index in [2.05, 4.69) is 9.97 Å². The number of nitrogens with zero attached hydrogens (tertiary/aromatic N) is 2. The normalized spacial score (nSPS) is 10.9. The standard InChI is InChI=1S/C12H14FN3/c1-8-10-7-9(13)4-5-11(10)16-12(15-8)3-2-6-14/h4-5,7H,2-3,6,14H2,1H3. The fourth-order valence-electron chi connectivity index (χ4n) is 1.69. The highest BCUT2D eigenvalue weighted by Gasteiger charge is 2.05. The fourth-order valence-corrected chi connectivity index (χ4v) is 1.69. The van der Waals surface area contributed by atoms with Crippen LogP contribution in [-0.2, 0) is 6.42 Å². The van der Waals surface area contributed by atoms with E-state index in [0.717, 1.165) is 35.3 Å². The van der Waals surface area contributed by atoms with Crippen molar-refractivity contribution in [2.75, 3.05) is 6.54 Å². The average Bonchev–Trinajstić information content (AvgIpc) is 2.27. The molecule has 0 atom stereocenters. The second-order valence-electron chi connectivity index (χ2n) is 3.78. The zero-order valence-electron chi connectivity index (χ0n) is 9.20. The van der Waals surface area contributed by atoms with Crippen LogP contribution in [0.5, 0.6) is 0 Å². The van der Waals surface area contributed by atoms with Gasteiger partial charge in [-0.1, -0.05) is 0 Å². The molecule has 84 valence electrons. The Balaban J connectivity index is 2.46. The van der Waals surface area contributed by atoms with Crippen LogP contribution in [0.3, 0.4) is 0 Å². The number of aryl methyl sites for hydroxylation is 2. The Morgan fingerprint density at radius 3 is 2.88 bits per heavy atom. The lowest BCUT2D eigenvalue weighted by molar-refractivity contribution is 0.629. The van der Waals surface area contributed by atoms with Gasteiger partial charge in [-0.3, -0.25) is 0 Å². The predicted molar refractivity (Wildman–Crippen MR) is 61.6 cm³/mol. The Kier molecular flexibility index (Phi) is 3.10. The third-order valence-electron chi connectivity index (χ3n) is 2.50. The number of halogens is 1. The molecule has 4 heteroatoms. The molecule has 1 aromatic heterocycles. The number of fused-ring (bicyclic) bond motifs is 1. The van der Waals surface area contributed by atoms with Crippen molar-refractivity contribution in [3.8, 4) is 0 Å². The van der Waals surface area contributed by atoms with Crippen LogP contribution >= 0.6 is 0 Å². The third kappa shape index (κ3) is 2.17. The lowest BCUT2D eigenvalue weighted by Crippen LogP contribution is -2.04. The van der Waals surface area contributed by atoms with E-state index in [1.165, 1.54) is 12.1 Å². The van der Waals surface area contributed by atoms with Gasteiger partial charge in [0.15, 0.2) is 0 Å². The summed E-state index contributed by atoms with van der Waals surface area (Å²) in [4.78, 5) is 8.73. The predicted octanol–water partition coefficient (Wildman–Crippen LogP) is 1.97. The summed E-state index contributed by atoms with van der Waals surface area (Å²) < 4.78 is 13.0. The van der Waals surface area contributed by atoms with Crippen LogP contribution in [0.15, 0.2) is 18.2 Å². The van der Waals surface area contributed by atoms with Crippen LogP contribution in [0.25, 0.3) is 10.9 Å². The van der Waals surface area contributed by atoms with Crippen molar-refractivity contribution in [3.63, 3.8) is 0 Å². The molecule has 2 rings (SSSR count). The Labute approximate surface area is 93.5 Å². The number of aromatic nitrogens is 2. The van der Waals surface area contributed by atoms with Crippen molar-refractivity contribution in [2.45, 2.75) is 19.8 Å². The highest BCUT2D eigenvalue weighted by atomic mass is 19.1. The molecular weight excluding hydrogens is 205 g/mol. The molecule has 1 aromatic carbocycles. The molecule has 0 fully saturated rings. The van der Waals surface area contributed by atoms with Gasteiger partial charge in [0.05, 0.1) is 5.52 Å². The minimum absolute atomic E-state index is 0.256. The molecule has 0 aliphatic heterocycles. The van der Waals surface area contributed by atoms with Crippen molar-refractivity contribution < 1.29 is 4.39 Å². The van der Waals surface area contributed by atoms with Gasteiger partial charge in [0.1, 0.15) is 11.6 Å². The summed E-state index contributed by atoms with van der Waals surface area (Å²) in [5.74, 6) is 0.524. The van der Waals surface area contributed by atoms with Gasteiger partial charge in [0, 0.05) is 17.5 Å². The summed E-state index contributed by atoms with van der Waals surface area (Å²) in [6, 6.07) is 4.57. The van der Waals surface area contributed by atoms with E-state index in [9.17, 15) is 4.39 Å². The van der Waals surface area contributed by atoms with Crippen molar-refractivity contribution in [3.05, 3.63) is 35.5 Å². The molecule has 1 heterocycles. The van der Waals surface area contributed by atoms with E-state index in [4.69, 9.17) is 5.73 Å². The summed E-state index contributed by atoms with van der Waals surface area (Å²) in [5, 5.41) is 0.775. The van der Waals surface area contributed by atoms with Gasteiger partial charge in [-0.25, -0.2) is 14.4 Å². The first kappa shape index (κ1) is 11.0. The van der Waals surface area contributed by atoms with E-state index < -0.39 is 0 Å². The van der Waals surface area contributed by atoms with Crippen LogP contribution in [0.4, 0.5) is 4.39 Å². The fraction of sp³-hybridized carbons (Fsp3) is 0.333. The summed E-state index contributed by atoms with van der Waals surface area (Å²) in [5.41, 5.74) is 7.05. The number of rotatable bonds is 3. The van der Waals surface area contributed by atoms with E-state index in [1.807, 2.05) is 6.92 Å². The zero-order valence-corrected chi connectivity index (χ0v) is 9.20. The summed E-state index contributed by atoms with van der Waals surface area (Å²) in [7, 11) is 0. The van der Waals surface area contributed by atoms with Gasteiger partial charge in [0.25, 0.3) is 0 Å². The number of hydrogen-bond donors (Lipinski definition) is 1. The van der Waals surface area contributed by atoms with Gasteiger partial charge in [-0.2, -0.15) is 0 Å². The van der Waals surface area contributed by atoms with Crippen LogP contribution in [0.1, 0.15) is 17.9 Å². The molecule has 3 nitrogen and oxygen atoms in total. The van der Waals surface area contributed by atoms with Crippen molar-refractivity contribution in [2.24, 2.45) is 5.73 Å². The molecule has 16 heavy (non-hydrogen) atoms. The second-order valence-corrected chi connectivity index (χ2v) is 3.78. The molecule has 2 N–H and O–H groups in total. The van der Waals surface area contributed by atoms with Gasteiger partial charge in [-0.05, 0) is 38.1 Å². The Hall–Kier alpha value is -1.55. The molecule has 0 amide bonds. The average molecular weight is 219 g/mol. The van der Waals surface area contributed by atoms with Crippen molar-refractivity contribution in [1.29, 1.82) is 0 Å². The van der Waals surface area contributed by atoms with Crippen LogP contribution < -0.4 is 5.73 Å². The first-order chi connectivity index (χ1) is 7.70. The maximum Gasteiger partial charge on any atom is 0.129 e. The minimum Gasteiger partial charge on any atom is -0.330 e. The first-order valence-corrected chi connectivity index (χ1v) is 5.33. The van der Waals surface area contributed by atoms with Gasteiger partial charge < -0.3 is 5.73 Å². The van der Waals surface area contributed by atoms with E-state index in [1.54, 1.807) is 6.07 Å². The smallest absolute Gasteiger partial charge is 0.129 e. The van der Waals surface area contributed by atoms with Crippen LogP contribution in [0, 0.1) is 12.7 Å². The summed E-state index contributed by atoms with van der Waals surface area (Å²) >= 11 is 0. The third-order valence-corrected chi connectivity index (χ3v) is 2.50. The molecule has 0 aliphatic rings. The molecule has 0 radical (unpaired) electrons. The lowest BCUT2D eigenvalue weighted by atomic mass is 10.2. The number of benzene rings is 1. The van der Waals surface area contributed by atoms with E-state index in [-0.39, 0.29) is 5.82 Å². The molecule has 0 unspecified atom stereocenters. The summed E-state index contributed by atoms with van der Waals surface area (Å²) in [6.45, 7) is 2.50. The van der Waals surface area contributed by atoms with Crippen LogP contribution in [-0.4, -0.2) is 16.5 Å². The highest BCUT2D eigenvalue weighted by Crippen LogP contribution is 2.16. The van der Waals surface area contributed by atoms with Crippen LogP contribution in [0.2, 0.25) is 0 Å². The zero-order chi connectivity index (χ0) is 11.5. The topological polar surface area (TPSA) is 51.8 Å². The summed E-state index contributed by atoms with van der Waals surface area (Å²) in [6.07, 6.45) is 1.64. The largest absolute Gasteiger partial charge is 0.330 e.